The molecule has 0 saturated carbocycles. The van der Waals surface area contributed by atoms with E-state index in [1.54, 1.807) is 0 Å². The standard InChI is InChI=1S/C22H26N4OS/c1-3-8-19(17-9-6-5-7-10-17)23-20(27)15-28-22-24-21(25-26-22)18-13-11-16(4-2)12-14-18/h5-7,9-14,19H,3-4,8,15H2,1-2H3,(H,23,27)(H,24,25,26)/t19-/m1/s1. The minimum absolute atomic E-state index is 0.00838. The summed E-state index contributed by atoms with van der Waals surface area (Å²) in [6, 6.07) is 18.4. The van der Waals surface area contributed by atoms with Gasteiger partial charge in [-0.15, -0.1) is 5.10 Å². The van der Waals surface area contributed by atoms with Crippen molar-refractivity contribution in [2.75, 3.05) is 5.75 Å². The van der Waals surface area contributed by atoms with Gasteiger partial charge in [0.15, 0.2) is 5.82 Å². The molecule has 5 nitrogen and oxygen atoms in total. The number of amides is 1. The monoisotopic (exact) mass is 394 g/mol. The summed E-state index contributed by atoms with van der Waals surface area (Å²) in [5.41, 5.74) is 3.42. The highest BCUT2D eigenvalue weighted by molar-refractivity contribution is 7.99. The first-order valence-corrected chi connectivity index (χ1v) is 10.7. The number of aryl methyl sites for hydroxylation is 1. The predicted molar refractivity (Wildman–Crippen MR) is 114 cm³/mol. The van der Waals surface area contributed by atoms with Crippen LogP contribution < -0.4 is 5.32 Å². The molecule has 1 aromatic heterocycles. The molecule has 0 radical (unpaired) electrons. The lowest BCUT2D eigenvalue weighted by molar-refractivity contribution is -0.119. The van der Waals surface area contributed by atoms with E-state index in [0.29, 0.717) is 10.9 Å². The predicted octanol–water partition coefficient (Wildman–Crippen LogP) is 4.78. The summed E-state index contributed by atoms with van der Waals surface area (Å²) in [6.07, 6.45) is 2.93. The van der Waals surface area contributed by atoms with Crippen LogP contribution in [-0.4, -0.2) is 26.8 Å². The number of carbonyl (C=O) groups excluding carboxylic acids is 1. The molecule has 2 aromatic carbocycles. The minimum Gasteiger partial charge on any atom is -0.349 e. The van der Waals surface area contributed by atoms with Crippen molar-refractivity contribution in [3.05, 3.63) is 65.7 Å². The van der Waals surface area contributed by atoms with Crippen molar-refractivity contribution in [3.8, 4) is 11.4 Å². The molecule has 3 rings (SSSR count). The number of aromatic nitrogens is 3. The molecular weight excluding hydrogens is 368 g/mol. The van der Waals surface area contributed by atoms with Crippen LogP contribution in [0.1, 0.15) is 43.9 Å². The lowest BCUT2D eigenvalue weighted by Gasteiger charge is -2.18. The maximum atomic E-state index is 12.4. The zero-order valence-electron chi connectivity index (χ0n) is 16.3. The third-order valence-electron chi connectivity index (χ3n) is 4.55. The molecule has 0 aliphatic heterocycles. The summed E-state index contributed by atoms with van der Waals surface area (Å²) in [6.45, 7) is 4.26. The molecule has 0 aliphatic carbocycles. The maximum Gasteiger partial charge on any atom is 0.230 e. The van der Waals surface area contributed by atoms with E-state index in [0.717, 1.165) is 36.2 Å². The van der Waals surface area contributed by atoms with E-state index in [1.807, 2.05) is 30.3 Å². The van der Waals surface area contributed by atoms with Gasteiger partial charge >= 0.3 is 0 Å². The summed E-state index contributed by atoms with van der Waals surface area (Å²) in [4.78, 5) is 16.9. The first-order chi connectivity index (χ1) is 13.7. The van der Waals surface area contributed by atoms with E-state index in [9.17, 15) is 4.79 Å². The van der Waals surface area contributed by atoms with E-state index in [4.69, 9.17) is 0 Å². The summed E-state index contributed by atoms with van der Waals surface area (Å²) in [7, 11) is 0. The third kappa shape index (κ3) is 5.45. The van der Waals surface area contributed by atoms with Gasteiger partial charge < -0.3 is 5.32 Å². The molecule has 2 N–H and O–H groups in total. The Balaban J connectivity index is 1.56. The van der Waals surface area contributed by atoms with Gasteiger partial charge in [-0.2, -0.15) is 0 Å². The number of thioether (sulfide) groups is 1. The van der Waals surface area contributed by atoms with Gasteiger partial charge in [0.05, 0.1) is 11.8 Å². The quantitative estimate of drug-likeness (QED) is 0.512. The second kappa shape index (κ2) is 10.1. The Kier molecular flexibility index (Phi) is 7.25. The van der Waals surface area contributed by atoms with Crippen molar-refractivity contribution in [2.24, 2.45) is 0 Å². The van der Waals surface area contributed by atoms with Crippen LogP contribution in [0.25, 0.3) is 11.4 Å². The van der Waals surface area contributed by atoms with E-state index in [1.165, 1.54) is 17.3 Å². The summed E-state index contributed by atoms with van der Waals surface area (Å²) >= 11 is 1.34. The number of aromatic amines is 1. The van der Waals surface area contributed by atoms with E-state index < -0.39 is 0 Å². The summed E-state index contributed by atoms with van der Waals surface area (Å²) in [5.74, 6) is 1.00. The smallest absolute Gasteiger partial charge is 0.230 e. The first kappa shape index (κ1) is 20.1. The normalized spacial score (nSPS) is 11.9. The summed E-state index contributed by atoms with van der Waals surface area (Å²) in [5, 5.41) is 10.9. The van der Waals surface area contributed by atoms with Gasteiger partial charge in [-0.1, -0.05) is 86.6 Å². The van der Waals surface area contributed by atoms with E-state index in [2.05, 4.69) is 58.6 Å². The van der Waals surface area contributed by atoms with Gasteiger partial charge in [0.1, 0.15) is 0 Å². The second-order valence-electron chi connectivity index (χ2n) is 6.63. The molecule has 0 aliphatic rings. The van der Waals surface area contributed by atoms with Crippen LogP contribution >= 0.6 is 11.8 Å². The van der Waals surface area contributed by atoms with Crippen molar-refractivity contribution < 1.29 is 4.79 Å². The number of rotatable bonds is 9. The van der Waals surface area contributed by atoms with Crippen LogP contribution in [0.3, 0.4) is 0 Å². The third-order valence-corrected chi connectivity index (χ3v) is 5.39. The van der Waals surface area contributed by atoms with Crippen LogP contribution in [0.15, 0.2) is 59.8 Å². The number of hydrogen-bond acceptors (Lipinski definition) is 4. The lowest BCUT2D eigenvalue weighted by atomic mass is 10.0. The zero-order valence-corrected chi connectivity index (χ0v) is 17.1. The average Bonchev–Trinajstić information content (AvgIpc) is 3.22. The highest BCUT2D eigenvalue weighted by atomic mass is 32.2. The Morgan fingerprint density at radius 3 is 2.54 bits per heavy atom. The number of carbonyl (C=O) groups is 1. The zero-order chi connectivity index (χ0) is 19.8. The van der Waals surface area contributed by atoms with Crippen molar-refractivity contribution in [1.29, 1.82) is 0 Å². The van der Waals surface area contributed by atoms with Gasteiger partial charge in [-0.3, -0.25) is 9.89 Å². The lowest BCUT2D eigenvalue weighted by Crippen LogP contribution is -2.29. The Labute approximate surface area is 170 Å². The fraction of sp³-hybridized carbons (Fsp3) is 0.318. The highest BCUT2D eigenvalue weighted by Gasteiger charge is 2.15. The topological polar surface area (TPSA) is 70.7 Å². The Hall–Kier alpha value is -2.60. The molecule has 0 fully saturated rings. The number of nitrogens with one attached hydrogen (secondary N) is 2. The fourth-order valence-electron chi connectivity index (χ4n) is 3.00. The van der Waals surface area contributed by atoms with Crippen molar-refractivity contribution >= 4 is 17.7 Å². The van der Waals surface area contributed by atoms with Crippen molar-refractivity contribution in [3.63, 3.8) is 0 Å². The second-order valence-corrected chi connectivity index (χ2v) is 7.57. The van der Waals surface area contributed by atoms with Gasteiger partial charge in [0.25, 0.3) is 0 Å². The molecule has 146 valence electrons. The van der Waals surface area contributed by atoms with Crippen LogP contribution in [0.5, 0.6) is 0 Å². The average molecular weight is 395 g/mol. The molecule has 1 amide bonds. The number of H-pyrrole nitrogens is 1. The molecule has 6 heteroatoms. The number of nitrogens with zero attached hydrogens (tertiary/aromatic N) is 2. The molecule has 0 spiro atoms. The van der Waals surface area contributed by atoms with Gasteiger partial charge in [-0.25, -0.2) is 4.98 Å². The number of hydrogen-bond donors (Lipinski definition) is 2. The summed E-state index contributed by atoms with van der Waals surface area (Å²) < 4.78 is 0. The molecule has 1 heterocycles. The molecule has 0 saturated heterocycles. The van der Waals surface area contributed by atoms with Crippen molar-refractivity contribution in [1.82, 2.24) is 20.5 Å². The molecular formula is C22H26N4OS. The number of benzene rings is 2. The molecule has 1 atom stereocenters. The maximum absolute atomic E-state index is 12.4. The minimum atomic E-state index is -0.00838. The van der Waals surface area contributed by atoms with Gasteiger partial charge in [0.2, 0.25) is 11.1 Å². The molecule has 3 aromatic rings. The molecule has 28 heavy (non-hydrogen) atoms. The van der Waals surface area contributed by atoms with Crippen LogP contribution in [0.2, 0.25) is 0 Å². The Morgan fingerprint density at radius 1 is 1.11 bits per heavy atom. The fourth-order valence-corrected chi connectivity index (χ4v) is 3.61. The van der Waals surface area contributed by atoms with Gasteiger partial charge in [-0.05, 0) is 24.0 Å². The van der Waals surface area contributed by atoms with Crippen molar-refractivity contribution in [2.45, 2.75) is 44.3 Å². The SMILES string of the molecule is CCC[C@@H](NC(=O)CSc1n[nH]c(-c2ccc(CC)cc2)n1)c1ccccc1. The molecule has 0 unspecified atom stereocenters. The first-order valence-electron chi connectivity index (χ1n) is 9.68. The van der Waals surface area contributed by atoms with Crippen LogP contribution in [0, 0.1) is 0 Å². The van der Waals surface area contributed by atoms with Crippen LogP contribution in [-0.2, 0) is 11.2 Å². The highest BCUT2D eigenvalue weighted by Crippen LogP contribution is 2.21. The van der Waals surface area contributed by atoms with E-state index in [-0.39, 0.29) is 11.9 Å². The Morgan fingerprint density at radius 2 is 1.86 bits per heavy atom. The Bertz CT molecular complexity index is 877. The largest absolute Gasteiger partial charge is 0.349 e. The van der Waals surface area contributed by atoms with Crippen LogP contribution in [0.4, 0.5) is 0 Å². The van der Waals surface area contributed by atoms with E-state index >= 15 is 0 Å². The molecule has 0 bridgehead atoms. The van der Waals surface area contributed by atoms with Gasteiger partial charge in [0, 0.05) is 5.56 Å².